The van der Waals surface area contributed by atoms with Crippen molar-refractivity contribution in [3.8, 4) is 0 Å². The molecule has 3 aromatic rings. The van der Waals surface area contributed by atoms with Crippen molar-refractivity contribution in [1.82, 2.24) is 9.55 Å². The largest absolute Gasteiger partial charge is 0.461 e. The van der Waals surface area contributed by atoms with E-state index in [0.717, 1.165) is 16.5 Å². The zero-order valence-corrected chi connectivity index (χ0v) is 15.5. The van der Waals surface area contributed by atoms with E-state index in [-0.39, 0.29) is 5.97 Å². The van der Waals surface area contributed by atoms with E-state index in [1.807, 2.05) is 41.5 Å². The monoisotopic (exact) mass is 354 g/mol. The van der Waals surface area contributed by atoms with E-state index >= 15 is 0 Å². The summed E-state index contributed by atoms with van der Waals surface area (Å²) in [6.07, 6.45) is 3.53. The van der Waals surface area contributed by atoms with Crippen LogP contribution < -0.4 is 0 Å². The smallest absolute Gasteiger partial charge is 0.354 e. The number of aromatic nitrogens is 2. The second kappa shape index (κ2) is 7.74. The minimum absolute atomic E-state index is 0.286. The van der Waals surface area contributed by atoms with Gasteiger partial charge in [0.25, 0.3) is 0 Å². The van der Waals surface area contributed by atoms with Crippen LogP contribution in [0.5, 0.6) is 0 Å². The van der Waals surface area contributed by atoms with E-state index in [9.17, 15) is 4.79 Å². The van der Waals surface area contributed by atoms with Crippen LogP contribution in [0, 0.1) is 0 Å². The van der Waals surface area contributed by atoms with Gasteiger partial charge in [0.1, 0.15) is 5.69 Å². The average molecular weight is 354 g/mol. The fraction of sp³-hybridized carbons (Fsp3) is 0.300. The number of carbonyl (C=O) groups is 1. The molecular formula is C20H22N2O2S. The van der Waals surface area contributed by atoms with E-state index in [1.54, 1.807) is 12.4 Å². The zero-order chi connectivity index (χ0) is 17.8. The van der Waals surface area contributed by atoms with Gasteiger partial charge in [0.2, 0.25) is 0 Å². The first-order valence-corrected chi connectivity index (χ1v) is 9.32. The first kappa shape index (κ1) is 17.5. The Morgan fingerprint density at radius 1 is 1.20 bits per heavy atom. The summed E-state index contributed by atoms with van der Waals surface area (Å²) in [5.41, 5.74) is 2.71. The Hall–Kier alpha value is -2.27. The number of pyridine rings is 1. The van der Waals surface area contributed by atoms with Crippen molar-refractivity contribution < 1.29 is 9.53 Å². The molecule has 0 aliphatic heterocycles. The van der Waals surface area contributed by atoms with Gasteiger partial charge >= 0.3 is 5.97 Å². The van der Waals surface area contributed by atoms with Gasteiger partial charge in [-0.1, -0.05) is 13.8 Å². The van der Waals surface area contributed by atoms with Gasteiger partial charge in [-0.2, -0.15) is 0 Å². The summed E-state index contributed by atoms with van der Waals surface area (Å²) in [7, 11) is 0. The molecule has 0 saturated carbocycles. The number of hydrogen-bond acceptors (Lipinski definition) is 4. The molecule has 2 heterocycles. The lowest BCUT2D eigenvalue weighted by Gasteiger charge is -2.11. The van der Waals surface area contributed by atoms with Gasteiger partial charge in [0, 0.05) is 40.0 Å². The number of ether oxygens (including phenoxy) is 1. The molecule has 0 aliphatic rings. The fourth-order valence-electron chi connectivity index (χ4n) is 2.81. The van der Waals surface area contributed by atoms with Crippen LogP contribution in [-0.2, 0) is 11.3 Å². The molecule has 0 amide bonds. The Labute approximate surface area is 152 Å². The highest BCUT2D eigenvalue weighted by molar-refractivity contribution is 7.99. The first-order chi connectivity index (χ1) is 12.1. The zero-order valence-electron chi connectivity index (χ0n) is 14.7. The summed E-state index contributed by atoms with van der Waals surface area (Å²) >= 11 is 1.82. The van der Waals surface area contributed by atoms with Crippen molar-refractivity contribution in [1.29, 1.82) is 0 Å². The number of esters is 1. The topological polar surface area (TPSA) is 44.1 Å². The quantitative estimate of drug-likeness (QED) is 0.473. The highest BCUT2D eigenvalue weighted by Gasteiger charge is 2.17. The molecule has 1 aromatic carbocycles. The second-order valence-corrected chi connectivity index (χ2v) is 7.73. The van der Waals surface area contributed by atoms with Crippen molar-refractivity contribution in [3.63, 3.8) is 0 Å². The molecule has 0 atom stereocenters. The lowest BCUT2D eigenvalue weighted by Crippen LogP contribution is -2.12. The Kier molecular flexibility index (Phi) is 5.43. The Morgan fingerprint density at radius 3 is 2.64 bits per heavy atom. The van der Waals surface area contributed by atoms with Gasteiger partial charge in [-0.3, -0.25) is 4.98 Å². The Bertz CT molecular complexity index is 872. The summed E-state index contributed by atoms with van der Waals surface area (Å²) in [5, 5.41) is 1.57. The lowest BCUT2D eigenvalue weighted by atomic mass is 10.2. The summed E-state index contributed by atoms with van der Waals surface area (Å²) < 4.78 is 7.27. The molecule has 0 radical (unpaired) electrons. The average Bonchev–Trinajstić information content (AvgIpc) is 2.93. The number of rotatable bonds is 6. The van der Waals surface area contributed by atoms with Gasteiger partial charge < -0.3 is 9.30 Å². The molecule has 25 heavy (non-hydrogen) atoms. The van der Waals surface area contributed by atoms with Crippen LogP contribution in [0.2, 0.25) is 0 Å². The summed E-state index contributed by atoms with van der Waals surface area (Å²) in [6, 6.07) is 12.2. The van der Waals surface area contributed by atoms with Crippen molar-refractivity contribution in [2.45, 2.75) is 37.5 Å². The van der Waals surface area contributed by atoms with E-state index in [2.05, 4.69) is 37.0 Å². The molecule has 4 nitrogen and oxygen atoms in total. The van der Waals surface area contributed by atoms with Crippen molar-refractivity contribution in [2.24, 2.45) is 0 Å². The Morgan fingerprint density at radius 2 is 1.96 bits per heavy atom. The summed E-state index contributed by atoms with van der Waals surface area (Å²) in [6.45, 7) is 7.15. The molecule has 0 unspecified atom stereocenters. The van der Waals surface area contributed by atoms with Gasteiger partial charge in [-0.05, 0) is 48.9 Å². The lowest BCUT2D eigenvalue weighted by molar-refractivity contribution is 0.0515. The maximum atomic E-state index is 12.4. The number of thioether (sulfide) groups is 1. The minimum Gasteiger partial charge on any atom is -0.461 e. The van der Waals surface area contributed by atoms with Crippen LogP contribution >= 0.6 is 11.8 Å². The molecule has 0 spiro atoms. The van der Waals surface area contributed by atoms with Crippen LogP contribution in [0.15, 0.2) is 53.7 Å². The minimum atomic E-state index is -0.286. The molecular weight excluding hydrogens is 332 g/mol. The van der Waals surface area contributed by atoms with E-state index in [4.69, 9.17) is 4.74 Å². The normalized spacial score (nSPS) is 11.2. The molecule has 130 valence electrons. The third kappa shape index (κ3) is 4.04. The number of nitrogens with zero attached hydrogens (tertiary/aromatic N) is 2. The third-order valence-electron chi connectivity index (χ3n) is 3.82. The molecule has 2 aromatic heterocycles. The third-order valence-corrected chi connectivity index (χ3v) is 4.82. The highest BCUT2D eigenvalue weighted by Crippen LogP contribution is 2.29. The van der Waals surface area contributed by atoms with Crippen molar-refractivity contribution in [3.05, 3.63) is 60.0 Å². The molecule has 0 bridgehead atoms. The molecule has 5 heteroatoms. The summed E-state index contributed by atoms with van der Waals surface area (Å²) in [5.74, 6) is -0.286. The molecule has 0 N–H and O–H groups in total. The van der Waals surface area contributed by atoms with Gasteiger partial charge in [-0.15, -0.1) is 11.8 Å². The maximum absolute atomic E-state index is 12.4. The Balaban J connectivity index is 2.07. The number of hydrogen-bond donors (Lipinski definition) is 0. The SMILES string of the molecule is CCOC(=O)c1cc2cc(SC(C)C)ccc2n1Cc1ccncc1. The van der Waals surface area contributed by atoms with E-state index in [1.165, 1.54) is 4.90 Å². The van der Waals surface area contributed by atoms with Crippen LogP contribution in [0.4, 0.5) is 0 Å². The predicted molar refractivity (Wildman–Crippen MR) is 102 cm³/mol. The van der Waals surface area contributed by atoms with Gasteiger partial charge in [-0.25, -0.2) is 4.79 Å². The predicted octanol–water partition coefficient (Wildman–Crippen LogP) is 4.76. The molecule has 0 aliphatic carbocycles. The standard InChI is InChI=1S/C20H22N2O2S/c1-4-24-20(23)19-12-16-11-17(25-14(2)3)5-6-18(16)22(19)13-15-7-9-21-10-8-15/h5-12,14H,4,13H2,1-3H3. The van der Waals surface area contributed by atoms with E-state index in [0.29, 0.717) is 24.1 Å². The maximum Gasteiger partial charge on any atom is 0.354 e. The highest BCUT2D eigenvalue weighted by atomic mass is 32.2. The second-order valence-electron chi connectivity index (χ2n) is 6.08. The number of benzene rings is 1. The fourth-order valence-corrected chi connectivity index (χ4v) is 3.70. The first-order valence-electron chi connectivity index (χ1n) is 8.44. The van der Waals surface area contributed by atoms with Crippen molar-refractivity contribution in [2.75, 3.05) is 6.61 Å². The van der Waals surface area contributed by atoms with Crippen molar-refractivity contribution >= 4 is 28.6 Å². The van der Waals surface area contributed by atoms with Crippen LogP contribution in [0.3, 0.4) is 0 Å². The van der Waals surface area contributed by atoms with Gasteiger partial charge in [0.05, 0.1) is 6.61 Å². The number of fused-ring (bicyclic) bond motifs is 1. The van der Waals surface area contributed by atoms with Crippen LogP contribution in [-0.4, -0.2) is 27.4 Å². The van der Waals surface area contributed by atoms with Crippen LogP contribution in [0.25, 0.3) is 10.9 Å². The van der Waals surface area contributed by atoms with E-state index < -0.39 is 0 Å². The van der Waals surface area contributed by atoms with Gasteiger partial charge in [0.15, 0.2) is 0 Å². The van der Waals surface area contributed by atoms with Crippen LogP contribution in [0.1, 0.15) is 36.8 Å². The molecule has 0 fully saturated rings. The molecule has 0 saturated heterocycles. The number of carbonyl (C=O) groups excluding carboxylic acids is 1. The summed E-state index contributed by atoms with van der Waals surface area (Å²) in [4.78, 5) is 17.7. The molecule has 3 rings (SSSR count).